The van der Waals surface area contributed by atoms with Crippen LogP contribution in [0.4, 0.5) is 4.39 Å². The van der Waals surface area contributed by atoms with Crippen molar-refractivity contribution in [3.05, 3.63) is 77.6 Å². The van der Waals surface area contributed by atoms with E-state index in [1.807, 2.05) is 12.1 Å². The molecule has 0 atom stereocenters. The molecule has 1 N–H and O–H groups in total. The molecule has 4 heteroatoms. The van der Waals surface area contributed by atoms with Gasteiger partial charge < -0.3 is 10.1 Å². The second kappa shape index (κ2) is 9.20. The number of rotatable bonds is 6. The maximum Gasteiger partial charge on any atom is 0.129 e. The van der Waals surface area contributed by atoms with E-state index < -0.39 is 0 Å². The number of nitrogens with one attached hydrogen (secondary N) is 1. The average molecular weight is 386 g/mol. The van der Waals surface area contributed by atoms with Crippen molar-refractivity contribution in [1.82, 2.24) is 5.32 Å². The summed E-state index contributed by atoms with van der Waals surface area (Å²) < 4.78 is 20.0. The van der Waals surface area contributed by atoms with Crippen LogP contribution in [0.25, 0.3) is 10.8 Å². The fourth-order valence-electron chi connectivity index (χ4n) is 3.78. The molecule has 0 spiro atoms. The predicted molar refractivity (Wildman–Crippen MR) is 111 cm³/mol. The van der Waals surface area contributed by atoms with Crippen LogP contribution in [0, 0.1) is 5.82 Å². The van der Waals surface area contributed by atoms with Gasteiger partial charge in [0, 0.05) is 23.7 Å². The van der Waals surface area contributed by atoms with Crippen molar-refractivity contribution in [3.8, 4) is 5.75 Å². The summed E-state index contributed by atoms with van der Waals surface area (Å²) in [5.74, 6) is 0.608. The molecular weight excluding hydrogens is 361 g/mol. The fourth-order valence-corrected chi connectivity index (χ4v) is 3.78. The first-order valence-electron chi connectivity index (χ1n) is 9.41. The molecule has 4 rings (SSSR count). The summed E-state index contributed by atoms with van der Waals surface area (Å²) in [4.78, 5) is 0. The Hall–Kier alpha value is -2.10. The van der Waals surface area contributed by atoms with E-state index in [-0.39, 0.29) is 24.8 Å². The molecule has 1 saturated carbocycles. The van der Waals surface area contributed by atoms with Gasteiger partial charge in [0.2, 0.25) is 0 Å². The molecule has 1 fully saturated rings. The Bertz CT molecular complexity index is 892. The normalized spacial score (nSPS) is 14.3. The van der Waals surface area contributed by atoms with Crippen molar-refractivity contribution in [3.63, 3.8) is 0 Å². The summed E-state index contributed by atoms with van der Waals surface area (Å²) in [7, 11) is 0. The largest absolute Gasteiger partial charge is 0.488 e. The van der Waals surface area contributed by atoms with Crippen molar-refractivity contribution < 1.29 is 9.13 Å². The highest BCUT2D eigenvalue weighted by Gasteiger charge is 2.16. The molecule has 27 heavy (non-hydrogen) atoms. The van der Waals surface area contributed by atoms with E-state index in [9.17, 15) is 4.39 Å². The van der Waals surface area contributed by atoms with Crippen LogP contribution >= 0.6 is 12.4 Å². The third-order valence-corrected chi connectivity index (χ3v) is 5.26. The molecule has 0 saturated heterocycles. The highest BCUT2D eigenvalue weighted by Crippen LogP contribution is 2.30. The van der Waals surface area contributed by atoms with Crippen LogP contribution in [0.2, 0.25) is 0 Å². The zero-order valence-electron chi connectivity index (χ0n) is 15.3. The summed E-state index contributed by atoms with van der Waals surface area (Å²) in [6.45, 7) is 1.01. The SMILES string of the molecule is Cl.Fc1ccccc1COc1ccc2ccccc2c1CNC1CCCC1. The van der Waals surface area contributed by atoms with Gasteiger partial charge in [0.05, 0.1) is 0 Å². The van der Waals surface area contributed by atoms with E-state index >= 15 is 0 Å². The summed E-state index contributed by atoms with van der Waals surface area (Å²) >= 11 is 0. The minimum absolute atomic E-state index is 0. The summed E-state index contributed by atoms with van der Waals surface area (Å²) in [5, 5.41) is 6.09. The molecule has 3 aromatic carbocycles. The molecule has 1 aliphatic carbocycles. The molecule has 142 valence electrons. The smallest absolute Gasteiger partial charge is 0.129 e. The molecule has 2 nitrogen and oxygen atoms in total. The van der Waals surface area contributed by atoms with Crippen LogP contribution in [0.3, 0.4) is 0 Å². The van der Waals surface area contributed by atoms with Crippen LogP contribution in [0.15, 0.2) is 60.7 Å². The lowest BCUT2D eigenvalue weighted by Crippen LogP contribution is -2.25. The molecule has 0 aromatic heterocycles. The van der Waals surface area contributed by atoms with Crippen molar-refractivity contribution in [2.75, 3.05) is 0 Å². The van der Waals surface area contributed by atoms with Gasteiger partial charge in [-0.3, -0.25) is 0 Å². The number of hydrogen-bond donors (Lipinski definition) is 1. The molecular formula is C23H25ClFNO. The molecule has 1 aliphatic rings. The fraction of sp³-hybridized carbons (Fsp3) is 0.304. The number of hydrogen-bond acceptors (Lipinski definition) is 2. The Balaban J connectivity index is 0.00000210. The Morgan fingerprint density at radius 1 is 0.926 bits per heavy atom. The van der Waals surface area contributed by atoms with Gasteiger partial charge in [0.15, 0.2) is 0 Å². The number of ether oxygens (including phenoxy) is 1. The van der Waals surface area contributed by atoms with Crippen LogP contribution in [0.1, 0.15) is 36.8 Å². The first-order valence-corrected chi connectivity index (χ1v) is 9.41. The van der Waals surface area contributed by atoms with E-state index in [0.717, 1.165) is 17.9 Å². The third-order valence-electron chi connectivity index (χ3n) is 5.26. The van der Waals surface area contributed by atoms with Gasteiger partial charge in [-0.15, -0.1) is 12.4 Å². The standard InChI is InChI=1S/C23H24FNO.ClH/c24-22-12-6-2-8-18(22)16-26-23-14-13-17-7-1-5-11-20(17)21(23)15-25-19-9-3-4-10-19;/h1-2,5-8,11-14,19,25H,3-4,9-10,15-16H2;1H. The molecule has 3 aromatic rings. The third kappa shape index (κ3) is 4.60. The van der Waals surface area contributed by atoms with Crippen molar-refractivity contribution in [2.24, 2.45) is 0 Å². The van der Waals surface area contributed by atoms with E-state index in [1.54, 1.807) is 12.1 Å². The maximum absolute atomic E-state index is 13.9. The second-order valence-electron chi connectivity index (χ2n) is 7.01. The van der Waals surface area contributed by atoms with Crippen LogP contribution < -0.4 is 10.1 Å². The lowest BCUT2D eigenvalue weighted by Gasteiger charge is -2.18. The van der Waals surface area contributed by atoms with Gasteiger partial charge >= 0.3 is 0 Å². The highest BCUT2D eigenvalue weighted by molar-refractivity contribution is 5.87. The van der Waals surface area contributed by atoms with Gasteiger partial charge in [-0.2, -0.15) is 0 Å². The van der Waals surface area contributed by atoms with Crippen molar-refractivity contribution >= 4 is 23.2 Å². The van der Waals surface area contributed by atoms with E-state index in [1.165, 1.54) is 42.5 Å². The molecule has 0 radical (unpaired) electrons. The predicted octanol–water partition coefficient (Wildman–Crippen LogP) is 6.01. The number of fused-ring (bicyclic) bond motifs is 1. The maximum atomic E-state index is 13.9. The highest BCUT2D eigenvalue weighted by atomic mass is 35.5. The van der Waals surface area contributed by atoms with Gasteiger partial charge in [-0.25, -0.2) is 4.39 Å². The molecule has 0 aliphatic heterocycles. The Kier molecular flexibility index (Phi) is 6.70. The second-order valence-corrected chi connectivity index (χ2v) is 7.01. The zero-order valence-corrected chi connectivity index (χ0v) is 16.1. The minimum Gasteiger partial charge on any atom is -0.488 e. The van der Waals surface area contributed by atoms with Gasteiger partial charge in [-0.05, 0) is 35.7 Å². The molecule has 0 amide bonds. The number of benzene rings is 3. The number of halogens is 2. The van der Waals surface area contributed by atoms with Crippen LogP contribution in [0.5, 0.6) is 5.75 Å². The van der Waals surface area contributed by atoms with E-state index in [4.69, 9.17) is 4.74 Å². The average Bonchev–Trinajstić information content (AvgIpc) is 3.19. The van der Waals surface area contributed by atoms with Gasteiger partial charge in [-0.1, -0.05) is 61.4 Å². The molecule has 0 bridgehead atoms. The lowest BCUT2D eigenvalue weighted by molar-refractivity contribution is 0.296. The Morgan fingerprint density at radius 2 is 1.67 bits per heavy atom. The minimum atomic E-state index is -0.223. The summed E-state index contributed by atoms with van der Waals surface area (Å²) in [6.07, 6.45) is 5.11. The topological polar surface area (TPSA) is 21.3 Å². The zero-order chi connectivity index (χ0) is 17.8. The van der Waals surface area contributed by atoms with E-state index in [0.29, 0.717) is 11.6 Å². The molecule has 0 unspecified atom stereocenters. The lowest BCUT2D eigenvalue weighted by atomic mass is 10.0. The van der Waals surface area contributed by atoms with Gasteiger partial charge in [0.25, 0.3) is 0 Å². The Morgan fingerprint density at radius 3 is 2.48 bits per heavy atom. The van der Waals surface area contributed by atoms with Crippen molar-refractivity contribution in [1.29, 1.82) is 0 Å². The van der Waals surface area contributed by atoms with Crippen molar-refractivity contribution in [2.45, 2.75) is 44.9 Å². The van der Waals surface area contributed by atoms with Gasteiger partial charge in [0.1, 0.15) is 18.2 Å². The first kappa shape index (κ1) is 19.7. The van der Waals surface area contributed by atoms with Crippen LogP contribution in [-0.2, 0) is 13.2 Å². The van der Waals surface area contributed by atoms with Crippen LogP contribution in [-0.4, -0.2) is 6.04 Å². The molecule has 0 heterocycles. The first-order chi connectivity index (χ1) is 12.8. The summed E-state index contributed by atoms with van der Waals surface area (Å²) in [6, 6.07) is 19.8. The summed E-state index contributed by atoms with van der Waals surface area (Å²) in [5.41, 5.74) is 1.74. The Labute approximate surface area is 166 Å². The quantitative estimate of drug-likeness (QED) is 0.560. The van der Waals surface area contributed by atoms with E-state index in [2.05, 4.69) is 35.6 Å². The monoisotopic (exact) mass is 385 g/mol.